The summed E-state index contributed by atoms with van der Waals surface area (Å²) in [5, 5.41) is 13.2. The Morgan fingerprint density at radius 2 is 2.12 bits per heavy atom. The highest BCUT2D eigenvalue weighted by Crippen LogP contribution is 2.27. The monoisotopic (exact) mass is 231 g/mol. The molecule has 4 nitrogen and oxygen atoms in total. The molecule has 0 heterocycles. The average Bonchev–Trinajstić information content (AvgIpc) is 2.23. The fourth-order valence-electron chi connectivity index (χ4n) is 1.95. The first-order valence-electron chi connectivity index (χ1n) is 6.14. The Kier molecular flexibility index (Phi) is 5.18. The lowest BCUT2D eigenvalue weighted by Crippen LogP contribution is -2.61. The Morgan fingerprint density at radius 3 is 2.62 bits per heavy atom. The number of hydrogen-bond acceptors (Lipinski definition) is 4. The molecule has 0 aliphatic heterocycles. The summed E-state index contributed by atoms with van der Waals surface area (Å²) in [6.07, 6.45) is 2.04. The van der Waals surface area contributed by atoms with Crippen LogP contribution in [-0.2, 0) is 9.47 Å². The van der Waals surface area contributed by atoms with Crippen molar-refractivity contribution in [3.8, 4) is 0 Å². The molecule has 1 fully saturated rings. The molecule has 0 amide bonds. The van der Waals surface area contributed by atoms with Crippen molar-refractivity contribution in [2.24, 2.45) is 0 Å². The van der Waals surface area contributed by atoms with E-state index < -0.39 is 5.60 Å². The first-order chi connectivity index (χ1) is 7.54. The van der Waals surface area contributed by atoms with Gasteiger partial charge in [0.05, 0.1) is 17.8 Å². The van der Waals surface area contributed by atoms with E-state index in [-0.39, 0.29) is 12.2 Å². The van der Waals surface area contributed by atoms with Crippen LogP contribution in [0.4, 0.5) is 0 Å². The van der Waals surface area contributed by atoms with Gasteiger partial charge in [-0.2, -0.15) is 0 Å². The number of hydrogen-bond donors (Lipinski definition) is 2. The topological polar surface area (TPSA) is 50.7 Å². The lowest BCUT2D eigenvalue weighted by atomic mass is 9.84. The van der Waals surface area contributed by atoms with Gasteiger partial charge in [-0.15, -0.1) is 0 Å². The van der Waals surface area contributed by atoms with E-state index in [1.54, 1.807) is 7.11 Å². The number of rotatable bonds is 7. The standard InChI is InChI=1S/C12H25NO3/c1-5-12(3,14)8-13-9-7-10(16-6-2)11(9)15-4/h9-11,13-14H,5-8H2,1-4H3. The maximum Gasteiger partial charge on any atom is 0.0986 e. The number of nitrogens with one attached hydrogen (secondary N) is 1. The van der Waals surface area contributed by atoms with Gasteiger partial charge in [0.25, 0.3) is 0 Å². The van der Waals surface area contributed by atoms with Crippen LogP contribution in [-0.4, -0.2) is 49.2 Å². The van der Waals surface area contributed by atoms with Crippen LogP contribution in [0.1, 0.15) is 33.6 Å². The Hall–Kier alpha value is -0.160. The molecule has 4 heteroatoms. The summed E-state index contributed by atoms with van der Waals surface area (Å²) in [5.74, 6) is 0. The summed E-state index contributed by atoms with van der Waals surface area (Å²) in [5.41, 5.74) is -0.630. The fourth-order valence-corrected chi connectivity index (χ4v) is 1.95. The molecular weight excluding hydrogens is 206 g/mol. The second kappa shape index (κ2) is 5.96. The van der Waals surface area contributed by atoms with Crippen molar-refractivity contribution in [1.82, 2.24) is 5.32 Å². The molecule has 96 valence electrons. The molecular formula is C12H25NO3. The highest BCUT2D eigenvalue weighted by molar-refractivity contribution is 4.98. The van der Waals surface area contributed by atoms with Gasteiger partial charge < -0.3 is 19.9 Å². The molecule has 0 bridgehead atoms. The van der Waals surface area contributed by atoms with Crippen molar-refractivity contribution < 1.29 is 14.6 Å². The molecule has 1 aliphatic rings. The van der Waals surface area contributed by atoms with Gasteiger partial charge in [-0.3, -0.25) is 0 Å². The van der Waals surface area contributed by atoms with Gasteiger partial charge in [0.2, 0.25) is 0 Å². The number of methoxy groups -OCH3 is 1. The minimum absolute atomic E-state index is 0.118. The van der Waals surface area contributed by atoms with E-state index in [0.717, 1.165) is 19.4 Å². The highest BCUT2D eigenvalue weighted by atomic mass is 16.5. The average molecular weight is 231 g/mol. The zero-order valence-electron chi connectivity index (χ0n) is 10.8. The first-order valence-corrected chi connectivity index (χ1v) is 6.14. The van der Waals surface area contributed by atoms with Crippen LogP contribution < -0.4 is 5.32 Å². The normalized spacial score (nSPS) is 33.2. The van der Waals surface area contributed by atoms with Gasteiger partial charge >= 0.3 is 0 Å². The van der Waals surface area contributed by atoms with Gasteiger partial charge in [0.15, 0.2) is 0 Å². The van der Waals surface area contributed by atoms with Crippen molar-refractivity contribution in [2.75, 3.05) is 20.3 Å². The van der Waals surface area contributed by atoms with Crippen molar-refractivity contribution in [1.29, 1.82) is 0 Å². The largest absolute Gasteiger partial charge is 0.389 e. The number of ether oxygens (including phenoxy) is 2. The third kappa shape index (κ3) is 3.42. The quantitative estimate of drug-likeness (QED) is 0.684. The molecule has 0 aromatic heterocycles. The maximum atomic E-state index is 9.89. The third-order valence-electron chi connectivity index (χ3n) is 3.41. The van der Waals surface area contributed by atoms with E-state index in [4.69, 9.17) is 9.47 Å². The van der Waals surface area contributed by atoms with Gasteiger partial charge in [0, 0.05) is 26.3 Å². The van der Waals surface area contributed by atoms with Crippen molar-refractivity contribution in [3.63, 3.8) is 0 Å². The van der Waals surface area contributed by atoms with Crippen molar-refractivity contribution in [2.45, 2.75) is 57.5 Å². The molecule has 1 rings (SSSR count). The molecule has 4 unspecified atom stereocenters. The SMILES string of the molecule is CCOC1CC(NCC(C)(O)CC)C1OC. The molecule has 1 saturated carbocycles. The summed E-state index contributed by atoms with van der Waals surface area (Å²) in [7, 11) is 1.71. The Bertz CT molecular complexity index is 208. The Balaban J connectivity index is 2.29. The summed E-state index contributed by atoms with van der Waals surface area (Å²) in [6.45, 7) is 7.16. The van der Waals surface area contributed by atoms with E-state index >= 15 is 0 Å². The summed E-state index contributed by atoms with van der Waals surface area (Å²) in [4.78, 5) is 0. The van der Waals surface area contributed by atoms with Crippen molar-refractivity contribution >= 4 is 0 Å². The first kappa shape index (κ1) is 13.9. The van der Waals surface area contributed by atoms with Crippen LogP contribution in [0.3, 0.4) is 0 Å². The Morgan fingerprint density at radius 1 is 1.44 bits per heavy atom. The highest BCUT2D eigenvalue weighted by Gasteiger charge is 2.42. The molecule has 0 radical (unpaired) electrons. The zero-order valence-corrected chi connectivity index (χ0v) is 10.8. The van der Waals surface area contributed by atoms with E-state index in [9.17, 15) is 5.11 Å². The second-order valence-electron chi connectivity index (χ2n) is 4.77. The predicted molar refractivity (Wildman–Crippen MR) is 63.5 cm³/mol. The van der Waals surface area contributed by atoms with Crippen LogP contribution in [0.15, 0.2) is 0 Å². The maximum absolute atomic E-state index is 9.89. The van der Waals surface area contributed by atoms with E-state index in [1.165, 1.54) is 0 Å². The van der Waals surface area contributed by atoms with Crippen LogP contribution in [0.2, 0.25) is 0 Å². The van der Waals surface area contributed by atoms with E-state index in [2.05, 4.69) is 5.32 Å². The Labute approximate surface area is 98.3 Å². The lowest BCUT2D eigenvalue weighted by molar-refractivity contribution is -0.133. The van der Waals surface area contributed by atoms with Gasteiger partial charge in [-0.25, -0.2) is 0 Å². The van der Waals surface area contributed by atoms with Crippen LogP contribution in [0.25, 0.3) is 0 Å². The molecule has 4 atom stereocenters. The molecule has 2 N–H and O–H groups in total. The molecule has 0 saturated heterocycles. The van der Waals surface area contributed by atoms with Crippen LogP contribution in [0.5, 0.6) is 0 Å². The predicted octanol–water partition coefficient (Wildman–Crippen LogP) is 0.929. The fraction of sp³-hybridized carbons (Fsp3) is 1.00. The lowest BCUT2D eigenvalue weighted by Gasteiger charge is -2.44. The molecule has 0 aromatic carbocycles. The van der Waals surface area contributed by atoms with E-state index in [0.29, 0.717) is 12.6 Å². The minimum atomic E-state index is -0.630. The summed E-state index contributed by atoms with van der Waals surface area (Å²) in [6, 6.07) is 0.305. The molecule has 0 spiro atoms. The van der Waals surface area contributed by atoms with Gasteiger partial charge in [0.1, 0.15) is 0 Å². The minimum Gasteiger partial charge on any atom is -0.389 e. The molecule has 16 heavy (non-hydrogen) atoms. The number of aliphatic hydroxyl groups is 1. The van der Waals surface area contributed by atoms with Crippen molar-refractivity contribution in [3.05, 3.63) is 0 Å². The second-order valence-corrected chi connectivity index (χ2v) is 4.77. The van der Waals surface area contributed by atoms with Crippen LogP contribution in [0, 0.1) is 0 Å². The van der Waals surface area contributed by atoms with Crippen LogP contribution >= 0.6 is 0 Å². The van der Waals surface area contributed by atoms with Gasteiger partial charge in [-0.05, 0) is 26.7 Å². The zero-order chi connectivity index (χ0) is 12.2. The van der Waals surface area contributed by atoms with Gasteiger partial charge in [-0.1, -0.05) is 6.92 Å². The molecule has 0 aromatic rings. The molecule has 1 aliphatic carbocycles. The summed E-state index contributed by atoms with van der Waals surface area (Å²) >= 11 is 0. The smallest absolute Gasteiger partial charge is 0.0986 e. The summed E-state index contributed by atoms with van der Waals surface area (Å²) < 4.78 is 10.9. The third-order valence-corrected chi connectivity index (χ3v) is 3.41. The van der Waals surface area contributed by atoms with E-state index in [1.807, 2.05) is 20.8 Å².